The zero-order valence-corrected chi connectivity index (χ0v) is 16.8. The quantitative estimate of drug-likeness (QED) is 0.474. The lowest BCUT2D eigenvalue weighted by Gasteiger charge is -2.13. The molecule has 9 heteroatoms. The molecule has 0 atom stereocenters. The molecule has 4 rings (SSSR count). The Morgan fingerprint density at radius 2 is 1.74 bits per heavy atom. The Labute approximate surface area is 177 Å². The monoisotopic (exact) mass is 422 g/mol. The van der Waals surface area contributed by atoms with Crippen LogP contribution in [-0.2, 0) is 6.61 Å². The van der Waals surface area contributed by atoms with Gasteiger partial charge in [-0.3, -0.25) is 4.98 Å². The molecule has 8 nitrogen and oxygen atoms in total. The highest BCUT2D eigenvalue weighted by Crippen LogP contribution is 2.34. The van der Waals surface area contributed by atoms with Gasteiger partial charge < -0.3 is 24.7 Å². The van der Waals surface area contributed by atoms with Crippen LogP contribution in [0.3, 0.4) is 0 Å². The van der Waals surface area contributed by atoms with E-state index in [1.54, 1.807) is 19.2 Å². The minimum absolute atomic E-state index is 0.197. The predicted molar refractivity (Wildman–Crippen MR) is 112 cm³/mol. The average Bonchev–Trinajstić information content (AvgIpc) is 2.79. The summed E-state index contributed by atoms with van der Waals surface area (Å²) in [6.07, 6.45) is 2.83. The normalized spacial score (nSPS) is 10.7. The topological polar surface area (TPSA) is 102 Å². The number of ether oxygens (including phenoxy) is 4. The van der Waals surface area contributed by atoms with Crippen molar-refractivity contribution in [1.29, 1.82) is 0 Å². The number of halogens is 1. The Balaban J connectivity index is 1.62. The highest BCUT2D eigenvalue weighted by atomic mass is 19.1. The van der Waals surface area contributed by atoms with Crippen molar-refractivity contribution in [1.82, 2.24) is 15.0 Å². The molecule has 158 valence electrons. The third-order valence-corrected chi connectivity index (χ3v) is 4.39. The third kappa shape index (κ3) is 4.40. The smallest absolute Gasteiger partial charge is 0.257 e. The average molecular weight is 422 g/mol. The Hall–Kier alpha value is -4.14. The molecule has 31 heavy (non-hydrogen) atoms. The number of nitrogen functional groups attached to an aromatic ring is 1. The van der Waals surface area contributed by atoms with Crippen LogP contribution in [0, 0.1) is 5.82 Å². The van der Waals surface area contributed by atoms with Gasteiger partial charge in [-0.1, -0.05) is 12.1 Å². The van der Waals surface area contributed by atoms with Gasteiger partial charge in [0, 0.05) is 24.4 Å². The van der Waals surface area contributed by atoms with Crippen LogP contribution in [0.4, 0.5) is 10.1 Å². The first-order valence-corrected chi connectivity index (χ1v) is 9.25. The number of benzene rings is 1. The van der Waals surface area contributed by atoms with E-state index in [0.717, 1.165) is 17.4 Å². The summed E-state index contributed by atoms with van der Waals surface area (Å²) in [5, 5.41) is 0. The van der Waals surface area contributed by atoms with Crippen molar-refractivity contribution in [2.45, 2.75) is 6.61 Å². The maximum atomic E-state index is 14.1. The second kappa shape index (κ2) is 8.70. The predicted octanol–water partition coefficient (Wildman–Crippen LogP) is 4.13. The number of hydrogen-bond donors (Lipinski definition) is 1. The number of nitrogens with two attached hydrogens (primary N) is 1. The number of fused-ring (bicyclic) bond motifs is 1. The fraction of sp³-hybridized carbons (Fsp3) is 0.136. The molecule has 0 bridgehead atoms. The summed E-state index contributed by atoms with van der Waals surface area (Å²) in [5.41, 5.74) is 7.53. The number of methoxy groups -OCH3 is 2. The van der Waals surface area contributed by atoms with Crippen LogP contribution in [-0.4, -0.2) is 29.2 Å². The van der Waals surface area contributed by atoms with Gasteiger partial charge in [0.15, 0.2) is 17.3 Å². The van der Waals surface area contributed by atoms with E-state index in [9.17, 15) is 4.39 Å². The fourth-order valence-corrected chi connectivity index (χ4v) is 2.85. The Kier molecular flexibility index (Phi) is 5.65. The van der Waals surface area contributed by atoms with Crippen molar-refractivity contribution in [3.63, 3.8) is 0 Å². The number of aromatic nitrogens is 3. The molecular formula is C22H19FN4O4. The van der Waals surface area contributed by atoms with Gasteiger partial charge in [-0.25, -0.2) is 14.4 Å². The Bertz CT molecular complexity index is 1220. The molecule has 0 aliphatic heterocycles. The highest BCUT2D eigenvalue weighted by molar-refractivity contribution is 5.83. The molecule has 0 radical (unpaired) electrons. The number of anilines is 1. The van der Waals surface area contributed by atoms with E-state index in [4.69, 9.17) is 24.7 Å². The lowest BCUT2D eigenvalue weighted by Crippen LogP contribution is -2.01. The molecular weight excluding hydrogens is 403 g/mol. The van der Waals surface area contributed by atoms with E-state index in [1.165, 1.54) is 19.5 Å². The van der Waals surface area contributed by atoms with Gasteiger partial charge in [-0.15, -0.1) is 0 Å². The Morgan fingerprint density at radius 3 is 2.45 bits per heavy atom. The van der Waals surface area contributed by atoms with Crippen molar-refractivity contribution in [2.75, 3.05) is 20.0 Å². The molecule has 3 aromatic heterocycles. The fourth-order valence-electron chi connectivity index (χ4n) is 2.85. The lowest BCUT2D eigenvalue weighted by atomic mass is 10.2. The standard InChI is InChI=1S/C22H19FN4O4/c1-28-15-5-3-13(4-6-15)12-30-19-10-17-20(27-22(19)29-2)18(7-8-25-17)31-21-16(23)9-14(24)11-26-21/h3-11H,12,24H2,1-2H3. The summed E-state index contributed by atoms with van der Waals surface area (Å²) in [5.74, 6) is 0.772. The summed E-state index contributed by atoms with van der Waals surface area (Å²) < 4.78 is 36.1. The molecule has 1 aromatic carbocycles. The van der Waals surface area contributed by atoms with E-state index < -0.39 is 5.82 Å². The molecule has 2 N–H and O–H groups in total. The van der Waals surface area contributed by atoms with Crippen molar-refractivity contribution >= 4 is 16.7 Å². The van der Waals surface area contributed by atoms with Gasteiger partial charge in [-0.2, -0.15) is 0 Å². The maximum absolute atomic E-state index is 14.1. The molecule has 0 fully saturated rings. The van der Waals surface area contributed by atoms with Gasteiger partial charge in [-0.05, 0) is 17.7 Å². The molecule has 0 amide bonds. The van der Waals surface area contributed by atoms with Crippen molar-refractivity contribution in [3.05, 3.63) is 66.2 Å². The minimum atomic E-state index is -0.684. The first-order valence-electron chi connectivity index (χ1n) is 9.25. The largest absolute Gasteiger partial charge is 0.497 e. The maximum Gasteiger partial charge on any atom is 0.257 e. The van der Waals surface area contributed by atoms with Crippen LogP contribution >= 0.6 is 0 Å². The SMILES string of the molecule is COc1ccc(COc2cc3nccc(Oc4ncc(N)cc4F)c3nc2OC)cc1. The van der Waals surface area contributed by atoms with Crippen LogP contribution in [0.25, 0.3) is 11.0 Å². The first kappa shape index (κ1) is 20.1. The third-order valence-electron chi connectivity index (χ3n) is 4.39. The van der Waals surface area contributed by atoms with E-state index in [0.29, 0.717) is 23.4 Å². The molecule has 0 saturated carbocycles. The molecule has 0 saturated heterocycles. The van der Waals surface area contributed by atoms with Crippen LogP contribution in [0.5, 0.6) is 29.0 Å². The number of nitrogens with zero attached hydrogens (tertiary/aromatic N) is 3. The Morgan fingerprint density at radius 1 is 0.935 bits per heavy atom. The van der Waals surface area contributed by atoms with Crippen LogP contribution < -0.4 is 24.7 Å². The van der Waals surface area contributed by atoms with Crippen LogP contribution in [0.2, 0.25) is 0 Å². The zero-order chi connectivity index (χ0) is 21.8. The summed E-state index contributed by atoms with van der Waals surface area (Å²) in [7, 11) is 3.09. The molecule has 0 unspecified atom stereocenters. The zero-order valence-electron chi connectivity index (χ0n) is 16.8. The van der Waals surface area contributed by atoms with Gasteiger partial charge in [0.2, 0.25) is 0 Å². The molecule has 3 heterocycles. The number of rotatable bonds is 7. The summed E-state index contributed by atoms with van der Waals surface area (Å²) in [6, 6.07) is 11.9. The van der Waals surface area contributed by atoms with Crippen molar-refractivity contribution < 1.29 is 23.3 Å². The van der Waals surface area contributed by atoms with E-state index in [2.05, 4.69) is 15.0 Å². The van der Waals surface area contributed by atoms with E-state index in [-0.39, 0.29) is 23.2 Å². The molecule has 4 aromatic rings. The summed E-state index contributed by atoms with van der Waals surface area (Å²) in [6.45, 7) is 0.296. The van der Waals surface area contributed by atoms with Gasteiger partial charge in [0.1, 0.15) is 17.9 Å². The second-order valence-corrected chi connectivity index (χ2v) is 6.47. The molecule has 0 aliphatic carbocycles. The highest BCUT2D eigenvalue weighted by Gasteiger charge is 2.16. The molecule has 0 aliphatic rings. The van der Waals surface area contributed by atoms with Crippen molar-refractivity contribution in [3.8, 4) is 29.0 Å². The van der Waals surface area contributed by atoms with Gasteiger partial charge in [0.05, 0.1) is 31.6 Å². The first-order chi connectivity index (χ1) is 15.1. The van der Waals surface area contributed by atoms with Gasteiger partial charge >= 0.3 is 0 Å². The second-order valence-electron chi connectivity index (χ2n) is 6.47. The van der Waals surface area contributed by atoms with Crippen LogP contribution in [0.15, 0.2) is 54.9 Å². The minimum Gasteiger partial charge on any atom is -0.497 e. The van der Waals surface area contributed by atoms with Gasteiger partial charge in [0.25, 0.3) is 11.8 Å². The summed E-state index contributed by atoms with van der Waals surface area (Å²) in [4.78, 5) is 12.6. The summed E-state index contributed by atoms with van der Waals surface area (Å²) >= 11 is 0. The lowest BCUT2D eigenvalue weighted by molar-refractivity contribution is 0.280. The van der Waals surface area contributed by atoms with E-state index >= 15 is 0 Å². The number of hydrogen-bond acceptors (Lipinski definition) is 8. The van der Waals surface area contributed by atoms with Crippen molar-refractivity contribution in [2.24, 2.45) is 0 Å². The van der Waals surface area contributed by atoms with E-state index in [1.807, 2.05) is 24.3 Å². The molecule has 0 spiro atoms. The number of pyridine rings is 3. The van der Waals surface area contributed by atoms with Crippen LogP contribution in [0.1, 0.15) is 5.56 Å².